The van der Waals surface area contributed by atoms with E-state index in [9.17, 15) is 19.7 Å². The van der Waals surface area contributed by atoms with Crippen molar-refractivity contribution in [2.24, 2.45) is 0 Å². The highest BCUT2D eigenvalue weighted by atomic mass is 16.6. The van der Waals surface area contributed by atoms with E-state index in [1.165, 1.54) is 19.2 Å². The molecule has 8 heteroatoms. The van der Waals surface area contributed by atoms with E-state index in [1.807, 2.05) is 42.5 Å². The van der Waals surface area contributed by atoms with Crippen LogP contribution in [0.25, 0.3) is 11.1 Å². The van der Waals surface area contributed by atoms with Crippen LogP contribution in [0.2, 0.25) is 0 Å². The van der Waals surface area contributed by atoms with Gasteiger partial charge in [-0.15, -0.1) is 0 Å². The molecule has 0 heterocycles. The molecule has 0 aromatic heterocycles. The van der Waals surface area contributed by atoms with Crippen LogP contribution in [0, 0.1) is 10.1 Å². The number of carbonyl (C=O) groups excluding carboxylic acids is 2. The Kier molecular flexibility index (Phi) is 6.39. The summed E-state index contributed by atoms with van der Waals surface area (Å²) in [6.07, 6.45) is 0. The fourth-order valence-electron chi connectivity index (χ4n) is 2.82. The summed E-state index contributed by atoms with van der Waals surface area (Å²) in [5.41, 5.74) is 2.41. The summed E-state index contributed by atoms with van der Waals surface area (Å²) in [4.78, 5) is 34.8. The van der Waals surface area contributed by atoms with Crippen molar-refractivity contribution < 1.29 is 19.2 Å². The van der Waals surface area contributed by atoms with Gasteiger partial charge in [0.25, 0.3) is 5.91 Å². The maximum atomic E-state index is 12.2. The van der Waals surface area contributed by atoms with E-state index in [-0.39, 0.29) is 23.5 Å². The van der Waals surface area contributed by atoms with Crippen LogP contribution in [-0.2, 0) is 4.79 Å². The molecule has 2 amide bonds. The first-order chi connectivity index (χ1) is 14.5. The number of methoxy groups -OCH3 is 1. The van der Waals surface area contributed by atoms with Crippen LogP contribution in [0.4, 0.5) is 11.4 Å². The summed E-state index contributed by atoms with van der Waals surface area (Å²) in [5.74, 6) is -0.970. The predicted octanol–water partition coefficient (Wildman–Crippen LogP) is 3.64. The molecule has 0 aliphatic carbocycles. The quantitative estimate of drug-likeness (QED) is 0.461. The second kappa shape index (κ2) is 9.33. The first-order valence-corrected chi connectivity index (χ1v) is 9.04. The van der Waals surface area contributed by atoms with Crippen LogP contribution in [-0.4, -0.2) is 30.4 Å². The number of benzene rings is 3. The van der Waals surface area contributed by atoms with Gasteiger partial charge in [0.2, 0.25) is 5.91 Å². The minimum Gasteiger partial charge on any atom is -0.490 e. The lowest BCUT2D eigenvalue weighted by Gasteiger charge is -2.09. The summed E-state index contributed by atoms with van der Waals surface area (Å²) in [7, 11) is 1.30. The van der Waals surface area contributed by atoms with Crippen LogP contribution >= 0.6 is 0 Å². The van der Waals surface area contributed by atoms with Crippen molar-refractivity contribution in [3.63, 3.8) is 0 Å². The molecule has 0 aliphatic rings. The molecule has 0 spiro atoms. The molecule has 3 aromatic carbocycles. The van der Waals surface area contributed by atoms with E-state index in [1.54, 1.807) is 12.1 Å². The van der Waals surface area contributed by atoms with Crippen molar-refractivity contribution in [1.29, 1.82) is 0 Å². The molecule has 3 aromatic rings. The number of rotatable bonds is 7. The highest BCUT2D eigenvalue weighted by Gasteiger charge is 2.18. The van der Waals surface area contributed by atoms with Gasteiger partial charge in [-0.25, -0.2) is 0 Å². The molecule has 0 fully saturated rings. The average molecular weight is 405 g/mol. The molecule has 0 saturated heterocycles. The third-order valence-electron chi connectivity index (χ3n) is 4.32. The van der Waals surface area contributed by atoms with Crippen LogP contribution in [0.1, 0.15) is 10.4 Å². The van der Waals surface area contributed by atoms with Gasteiger partial charge in [0.1, 0.15) is 0 Å². The van der Waals surface area contributed by atoms with Crippen LogP contribution in [0.5, 0.6) is 5.75 Å². The van der Waals surface area contributed by atoms with Crippen LogP contribution in [0.3, 0.4) is 0 Å². The minimum absolute atomic E-state index is 0.0493. The Hall–Kier alpha value is -4.20. The van der Waals surface area contributed by atoms with E-state index in [2.05, 4.69) is 10.6 Å². The smallest absolute Gasteiger partial charge is 0.311 e. The zero-order chi connectivity index (χ0) is 21.5. The Balaban J connectivity index is 1.57. The topological polar surface area (TPSA) is 111 Å². The zero-order valence-corrected chi connectivity index (χ0v) is 16.1. The van der Waals surface area contributed by atoms with Crippen LogP contribution < -0.4 is 15.4 Å². The Bertz CT molecular complexity index is 1070. The fourth-order valence-corrected chi connectivity index (χ4v) is 2.82. The van der Waals surface area contributed by atoms with E-state index in [0.717, 1.165) is 17.2 Å². The molecule has 0 saturated carbocycles. The average Bonchev–Trinajstić information content (AvgIpc) is 2.78. The summed E-state index contributed by atoms with van der Waals surface area (Å²) in [5, 5.41) is 16.2. The van der Waals surface area contributed by atoms with E-state index < -0.39 is 16.7 Å². The molecule has 30 heavy (non-hydrogen) atoms. The lowest BCUT2D eigenvalue weighted by Crippen LogP contribution is -2.32. The molecule has 152 valence electrons. The largest absolute Gasteiger partial charge is 0.490 e. The molecule has 0 radical (unpaired) electrons. The van der Waals surface area contributed by atoms with Gasteiger partial charge in [0, 0.05) is 17.3 Å². The van der Waals surface area contributed by atoms with E-state index in [0.29, 0.717) is 5.69 Å². The van der Waals surface area contributed by atoms with Crippen molar-refractivity contribution in [2.75, 3.05) is 19.0 Å². The highest BCUT2D eigenvalue weighted by molar-refractivity contribution is 5.99. The molecule has 0 atom stereocenters. The Morgan fingerprint density at radius 2 is 1.63 bits per heavy atom. The second-order valence-electron chi connectivity index (χ2n) is 6.32. The molecule has 3 rings (SSSR count). The van der Waals surface area contributed by atoms with Crippen molar-refractivity contribution in [3.05, 3.63) is 88.5 Å². The third kappa shape index (κ3) is 4.99. The van der Waals surface area contributed by atoms with E-state index >= 15 is 0 Å². The summed E-state index contributed by atoms with van der Waals surface area (Å²) in [6.45, 7) is -0.279. The number of amides is 2. The Morgan fingerprint density at radius 1 is 0.967 bits per heavy atom. The highest BCUT2D eigenvalue weighted by Crippen LogP contribution is 2.27. The van der Waals surface area contributed by atoms with Crippen molar-refractivity contribution in [3.8, 4) is 16.9 Å². The summed E-state index contributed by atoms with van der Waals surface area (Å²) >= 11 is 0. The van der Waals surface area contributed by atoms with Crippen LogP contribution in [0.15, 0.2) is 72.8 Å². The molecular weight excluding hydrogens is 386 g/mol. The number of nitrogens with zero attached hydrogens (tertiary/aromatic N) is 1. The number of hydrogen-bond acceptors (Lipinski definition) is 5. The minimum atomic E-state index is -0.637. The normalized spacial score (nSPS) is 10.2. The summed E-state index contributed by atoms with van der Waals surface area (Å²) < 4.78 is 4.91. The maximum Gasteiger partial charge on any atom is 0.311 e. The van der Waals surface area contributed by atoms with Gasteiger partial charge in [0.15, 0.2) is 5.75 Å². The Morgan fingerprint density at radius 3 is 2.27 bits per heavy atom. The zero-order valence-electron chi connectivity index (χ0n) is 16.1. The SMILES string of the molecule is COc1ccc(C(=O)NCC(=O)Nc2ccc(-c3ccccc3)cc2)cc1[N+](=O)[O-]. The van der Waals surface area contributed by atoms with Gasteiger partial charge in [-0.2, -0.15) is 0 Å². The number of carbonyl (C=O) groups is 2. The predicted molar refractivity (Wildman–Crippen MR) is 112 cm³/mol. The van der Waals surface area contributed by atoms with Gasteiger partial charge in [-0.05, 0) is 35.4 Å². The monoisotopic (exact) mass is 405 g/mol. The standard InChI is InChI=1S/C22H19N3O5/c1-30-20-12-9-17(13-19(20)25(28)29)22(27)23-14-21(26)24-18-10-7-16(8-11-18)15-5-3-2-4-6-15/h2-13H,14H2,1H3,(H,23,27)(H,24,26). The van der Waals surface area contributed by atoms with Gasteiger partial charge in [0.05, 0.1) is 18.6 Å². The number of ether oxygens (including phenoxy) is 1. The number of nitro groups is 1. The molecule has 8 nitrogen and oxygen atoms in total. The lowest BCUT2D eigenvalue weighted by molar-refractivity contribution is -0.385. The molecular formula is C22H19N3O5. The maximum absolute atomic E-state index is 12.2. The van der Waals surface area contributed by atoms with Gasteiger partial charge in [-0.3, -0.25) is 19.7 Å². The fraction of sp³-hybridized carbons (Fsp3) is 0.0909. The van der Waals surface area contributed by atoms with Crippen molar-refractivity contribution in [2.45, 2.75) is 0 Å². The molecule has 0 bridgehead atoms. The van der Waals surface area contributed by atoms with Crippen molar-refractivity contribution >= 4 is 23.2 Å². The Labute approximate surface area is 172 Å². The second-order valence-corrected chi connectivity index (χ2v) is 6.32. The number of anilines is 1. The molecule has 0 aliphatic heterocycles. The molecule has 2 N–H and O–H groups in total. The number of nitrogens with one attached hydrogen (secondary N) is 2. The lowest BCUT2D eigenvalue weighted by atomic mass is 10.1. The molecule has 0 unspecified atom stereocenters. The van der Waals surface area contributed by atoms with Gasteiger partial charge in [-0.1, -0.05) is 42.5 Å². The van der Waals surface area contributed by atoms with Gasteiger partial charge < -0.3 is 15.4 Å². The third-order valence-corrected chi connectivity index (χ3v) is 4.32. The summed E-state index contributed by atoms with van der Waals surface area (Å²) in [6, 6.07) is 21.0. The number of hydrogen-bond donors (Lipinski definition) is 2. The first-order valence-electron chi connectivity index (χ1n) is 9.04. The van der Waals surface area contributed by atoms with Crippen molar-refractivity contribution in [1.82, 2.24) is 5.32 Å². The number of nitro benzene ring substituents is 1. The van der Waals surface area contributed by atoms with Gasteiger partial charge >= 0.3 is 5.69 Å². The first kappa shape index (κ1) is 20.5. The van der Waals surface area contributed by atoms with E-state index in [4.69, 9.17) is 4.74 Å².